The lowest BCUT2D eigenvalue weighted by Crippen LogP contribution is -2.27. The smallest absolute Gasteiger partial charge is 0.262 e. The van der Waals surface area contributed by atoms with Gasteiger partial charge in [0.25, 0.3) is 5.91 Å². The van der Waals surface area contributed by atoms with Gasteiger partial charge < -0.3 is 10.1 Å². The highest BCUT2D eigenvalue weighted by Crippen LogP contribution is 2.28. The summed E-state index contributed by atoms with van der Waals surface area (Å²) in [5, 5.41) is 3.38. The lowest BCUT2D eigenvalue weighted by atomic mass is 10.1. The van der Waals surface area contributed by atoms with E-state index >= 15 is 0 Å². The van der Waals surface area contributed by atoms with Gasteiger partial charge in [-0.05, 0) is 61.4 Å². The molecule has 0 saturated heterocycles. The van der Waals surface area contributed by atoms with Crippen LogP contribution in [-0.4, -0.2) is 20.9 Å². The number of aryl methyl sites for hydroxylation is 1. The van der Waals surface area contributed by atoms with Crippen LogP contribution in [0, 0.1) is 6.92 Å². The maximum Gasteiger partial charge on any atom is 0.262 e. The number of carbonyl (C=O) groups excluding carboxylic acids is 1. The Morgan fingerprint density at radius 3 is 2.41 bits per heavy atom. The number of hydrogen-bond acceptors (Lipinski definition) is 4. The van der Waals surface area contributed by atoms with Crippen molar-refractivity contribution in [3.05, 3.63) is 87.9 Å². The normalized spacial score (nSPS) is 12.2. The summed E-state index contributed by atoms with van der Waals surface area (Å²) in [7, 11) is -3.81. The van der Waals surface area contributed by atoms with Gasteiger partial charge >= 0.3 is 0 Å². The van der Waals surface area contributed by atoms with Gasteiger partial charge in [0.1, 0.15) is 5.75 Å². The van der Waals surface area contributed by atoms with E-state index in [0.717, 1.165) is 11.1 Å². The highest BCUT2D eigenvalue weighted by atomic mass is 35.5. The Balaban J connectivity index is 1.63. The molecule has 168 valence electrons. The standard InChI is InChI=1S/C23H22Cl2N2O4S/c1-15-12-18(24)8-10-21(15)26-23(28)14-31-22-11-9-19(13-20(22)25)32(29,30)27-16(2)17-6-4-3-5-7-17/h3-13,16,27H,14H2,1-2H3,(H,26,28)/t16-/m1/s1. The van der Waals surface area contributed by atoms with Crippen LogP contribution >= 0.6 is 23.2 Å². The van der Waals surface area contributed by atoms with Crippen molar-refractivity contribution in [3.63, 3.8) is 0 Å². The monoisotopic (exact) mass is 492 g/mol. The molecule has 0 heterocycles. The number of nitrogens with one attached hydrogen (secondary N) is 2. The van der Waals surface area contributed by atoms with Crippen LogP contribution in [0.3, 0.4) is 0 Å². The van der Waals surface area contributed by atoms with Crippen LogP contribution in [0.4, 0.5) is 5.69 Å². The fraction of sp³-hybridized carbons (Fsp3) is 0.174. The lowest BCUT2D eigenvalue weighted by Gasteiger charge is -2.15. The Kier molecular flexibility index (Phi) is 7.79. The van der Waals surface area contributed by atoms with Crippen molar-refractivity contribution >= 4 is 44.8 Å². The van der Waals surface area contributed by atoms with E-state index in [2.05, 4.69) is 10.0 Å². The molecule has 0 radical (unpaired) electrons. The maximum absolute atomic E-state index is 12.7. The largest absolute Gasteiger partial charge is 0.482 e. The number of ether oxygens (including phenoxy) is 1. The molecule has 0 spiro atoms. The second-order valence-corrected chi connectivity index (χ2v) is 9.70. The van der Waals surface area contributed by atoms with Crippen LogP contribution in [0.15, 0.2) is 71.6 Å². The molecule has 3 aromatic rings. The van der Waals surface area contributed by atoms with Crippen LogP contribution in [-0.2, 0) is 14.8 Å². The molecule has 0 aliphatic heterocycles. The predicted molar refractivity (Wildman–Crippen MR) is 127 cm³/mol. The molecule has 3 aromatic carbocycles. The second kappa shape index (κ2) is 10.4. The van der Waals surface area contributed by atoms with E-state index in [1.54, 1.807) is 25.1 Å². The molecule has 1 amide bonds. The third-order valence-electron chi connectivity index (χ3n) is 4.67. The fourth-order valence-electron chi connectivity index (χ4n) is 2.97. The third kappa shape index (κ3) is 6.23. The minimum Gasteiger partial charge on any atom is -0.482 e. The summed E-state index contributed by atoms with van der Waals surface area (Å²) in [5.41, 5.74) is 2.27. The average Bonchev–Trinajstić information content (AvgIpc) is 2.75. The van der Waals surface area contributed by atoms with Gasteiger partial charge in [0.15, 0.2) is 6.61 Å². The number of anilines is 1. The van der Waals surface area contributed by atoms with Gasteiger partial charge in [-0.15, -0.1) is 0 Å². The minimum atomic E-state index is -3.81. The quantitative estimate of drug-likeness (QED) is 0.443. The summed E-state index contributed by atoms with van der Waals surface area (Å²) in [5.74, 6) is -0.189. The Labute approximate surface area is 197 Å². The number of hydrogen-bond donors (Lipinski definition) is 2. The Hall–Kier alpha value is -2.58. The molecule has 2 N–H and O–H groups in total. The number of benzene rings is 3. The summed E-state index contributed by atoms with van der Waals surface area (Å²) >= 11 is 12.1. The van der Waals surface area contributed by atoms with Gasteiger partial charge in [-0.1, -0.05) is 53.5 Å². The topological polar surface area (TPSA) is 84.5 Å². The summed E-state index contributed by atoms with van der Waals surface area (Å²) in [4.78, 5) is 12.2. The van der Waals surface area contributed by atoms with E-state index in [0.29, 0.717) is 10.7 Å². The second-order valence-electron chi connectivity index (χ2n) is 7.14. The highest BCUT2D eigenvalue weighted by Gasteiger charge is 2.20. The van der Waals surface area contributed by atoms with Gasteiger partial charge in [-0.25, -0.2) is 13.1 Å². The zero-order chi connectivity index (χ0) is 23.3. The number of amides is 1. The van der Waals surface area contributed by atoms with Gasteiger partial charge in [0, 0.05) is 16.8 Å². The zero-order valence-electron chi connectivity index (χ0n) is 17.4. The molecule has 0 aliphatic rings. The van der Waals surface area contributed by atoms with Crippen molar-refractivity contribution in [2.45, 2.75) is 24.8 Å². The van der Waals surface area contributed by atoms with Crippen LogP contribution in [0.5, 0.6) is 5.75 Å². The van der Waals surface area contributed by atoms with Crippen LogP contribution in [0.25, 0.3) is 0 Å². The molecule has 0 fully saturated rings. The first-order chi connectivity index (χ1) is 15.2. The molecule has 0 saturated carbocycles. The van der Waals surface area contributed by atoms with Crippen molar-refractivity contribution in [1.29, 1.82) is 0 Å². The van der Waals surface area contributed by atoms with Crippen molar-refractivity contribution in [1.82, 2.24) is 4.72 Å². The fourth-order valence-corrected chi connectivity index (χ4v) is 4.76. The SMILES string of the molecule is Cc1cc(Cl)ccc1NC(=O)COc1ccc(S(=O)(=O)N[C@H](C)c2ccccc2)cc1Cl. The van der Waals surface area contributed by atoms with E-state index in [-0.39, 0.29) is 28.2 Å². The van der Waals surface area contributed by atoms with Gasteiger partial charge in [-0.2, -0.15) is 0 Å². The maximum atomic E-state index is 12.7. The van der Waals surface area contributed by atoms with Gasteiger partial charge in [0.2, 0.25) is 10.0 Å². The Morgan fingerprint density at radius 1 is 1.03 bits per heavy atom. The molecule has 6 nitrogen and oxygen atoms in total. The molecule has 0 aliphatic carbocycles. The van der Waals surface area contributed by atoms with E-state index in [4.69, 9.17) is 27.9 Å². The minimum absolute atomic E-state index is 0.00104. The van der Waals surface area contributed by atoms with Crippen molar-refractivity contribution < 1.29 is 17.9 Å². The molecular formula is C23H22Cl2N2O4S. The predicted octanol–water partition coefficient (Wildman–Crippen LogP) is 5.36. The van der Waals surface area contributed by atoms with E-state index < -0.39 is 16.1 Å². The van der Waals surface area contributed by atoms with Crippen molar-refractivity contribution in [2.24, 2.45) is 0 Å². The van der Waals surface area contributed by atoms with Crippen LogP contribution in [0.1, 0.15) is 24.1 Å². The lowest BCUT2D eigenvalue weighted by molar-refractivity contribution is -0.118. The average molecular weight is 493 g/mol. The van der Waals surface area contributed by atoms with Crippen molar-refractivity contribution in [2.75, 3.05) is 11.9 Å². The highest BCUT2D eigenvalue weighted by molar-refractivity contribution is 7.89. The summed E-state index contributed by atoms with van der Waals surface area (Å²) < 4.78 is 33.5. The Bertz CT molecular complexity index is 1220. The number of halogens is 2. The molecule has 1 atom stereocenters. The molecule has 32 heavy (non-hydrogen) atoms. The number of rotatable bonds is 8. The van der Waals surface area contributed by atoms with Gasteiger partial charge in [0.05, 0.1) is 9.92 Å². The molecule has 0 unspecified atom stereocenters. The zero-order valence-corrected chi connectivity index (χ0v) is 19.8. The number of carbonyl (C=O) groups is 1. The van der Waals surface area contributed by atoms with E-state index in [9.17, 15) is 13.2 Å². The molecule has 0 bridgehead atoms. The Morgan fingerprint density at radius 2 is 1.75 bits per heavy atom. The number of sulfonamides is 1. The summed E-state index contributed by atoms with van der Waals surface area (Å²) in [6.45, 7) is 3.29. The third-order valence-corrected chi connectivity index (χ3v) is 6.74. The summed E-state index contributed by atoms with van der Waals surface area (Å²) in [6, 6.07) is 18.0. The molecule has 9 heteroatoms. The van der Waals surface area contributed by atoms with E-state index in [1.807, 2.05) is 37.3 Å². The summed E-state index contributed by atoms with van der Waals surface area (Å²) in [6.07, 6.45) is 0. The molecule has 0 aromatic heterocycles. The van der Waals surface area contributed by atoms with Gasteiger partial charge in [-0.3, -0.25) is 4.79 Å². The molecular weight excluding hydrogens is 471 g/mol. The first-order valence-corrected chi connectivity index (χ1v) is 12.0. The van der Waals surface area contributed by atoms with E-state index in [1.165, 1.54) is 18.2 Å². The first kappa shape index (κ1) is 24.1. The molecule has 3 rings (SSSR count). The van der Waals surface area contributed by atoms with Crippen molar-refractivity contribution in [3.8, 4) is 5.75 Å². The van der Waals surface area contributed by atoms with Crippen LogP contribution in [0.2, 0.25) is 10.0 Å². The van der Waals surface area contributed by atoms with Crippen LogP contribution < -0.4 is 14.8 Å². The first-order valence-electron chi connectivity index (χ1n) is 9.71.